The molecule has 0 heterocycles. The van der Waals surface area contributed by atoms with Gasteiger partial charge in [0.1, 0.15) is 0 Å². The first kappa shape index (κ1) is 16.4. The smallest absolute Gasteiger partial charge is 0.225 e. The number of carbonyl (C=O) groups excluding carboxylic acids is 1. The molecule has 0 aliphatic carbocycles. The number of aliphatic hydroxyl groups excluding tert-OH is 1. The van der Waals surface area contributed by atoms with Gasteiger partial charge in [0.15, 0.2) is 0 Å². The summed E-state index contributed by atoms with van der Waals surface area (Å²) in [5, 5.41) is 12.3. The molecule has 1 rings (SSSR count). The number of nitrogens with one attached hydrogen (secondary N) is 1. The average molecular weight is 281 g/mol. The van der Waals surface area contributed by atoms with E-state index in [1.807, 2.05) is 24.1 Å². The first-order chi connectivity index (χ1) is 9.52. The number of nitrogen functional groups attached to an aromatic ring is 1. The monoisotopic (exact) mass is 281 g/mol. The number of nitrogens with zero attached hydrogens (tertiary/aromatic N) is 1. The molecule has 1 aromatic rings. The van der Waals surface area contributed by atoms with E-state index in [-0.39, 0.29) is 12.5 Å². The van der Waals surface area contributed by atoms with E-state index in [0.29, 0.717) is 30.9 Å². The van der Waals surface area contributed by atoms with Crippen LogP contribution in [0.3, 0.4) is 0 Å². The number of amides is 1. The SMILES string of the molecule is COCC(O)CN(C)CCC(=O)Nc1ccccc1N. The van der Waals surface area contributed by atoms with Crippen LogP contribution in [0.25, 0.3) is 0 Å². The molecule has 0 radical (unpaired) electrons. The minimum Gasteiger partial charge on any atom is -0.397 e. The van der Waals surface area contributed by atoms with Crippen LogP contribution in [-0.4, -0.2) is 55.9 Å². The first-order valence-corrected chi connectivity index (χ1v) is 6.52. The van der Waals surface area contributed by atoms with Gasteiger partial charge >= 0.3 is 0 Å². The van der Waals surface area contributed by atoms with Crippen molar-refractivity contribution < 1.29 is 14.6 Å². The summed E-state index contributed by atoms with van der Waals surface area (Å²) in [4.78, 5) is 13.7. The predicted octanol–water partition coefficient (Wildman–Crippen LogP) is 0.536. The molecule has 0 bridgehead atoms. The Labute approximate surface area is 119 Å². The molecule has 0 saturated heterocycles. The molecule has 1 aromatic carbocycles. The third-order valence-corrected chi connectivity index (χ3v) is 2.84. The van der Waals surface area contributed by atoms with Crippen LogP contribution >= 0.6 is 0 Å². The van der Waals surface area contributed by atoms with Gasteiger partial charge in [0.05, 0.1) is 24.1 Å². The predicted molar refractivity (Wildman–Crippen MR) is 79.5 cm³/mol. The van der Waals surface area contributed by atoms with E-state index < -0.39 is 6.10 Å². The summed E-state index contributed by atoms with van der Waals surface area (Å²) < 4.78 is 4.85. The summed E-state index contributed by atoms with van der Waals surface area (Å²) in [7, 11) is 3.39. The molecular weight excluding hydrogens is 258 g/mol. The minimum atomic E-state index is -0.544. The van der Waals surface area contributed by atoms with Crippen LogP contribution in [0.4, 0.5) is 11.4 Å². The number of anilines is 2. The van der Waals surface area contributed by atoms with Gasteiger partial charge in [-0.15, -0.1) is 0 Å². The van der Waals surface area contributed by atoms with E-state index in [0.717, 1.165) is 0 Å². The maximum Gasteiger partial charge on any atom is 0.225 e. The molecule has 0 aliphatic rings. The van der Waals surface area contributed by atoms with Gasteiger partial charge in [0, 0.05) is 26.6 Å². The van der Waals surface area contributed by atoms with E-state index in [9.17, 15) is 9.90 Å². The summed E-state index contributed by atoms with van der Waals surface area (Å²) in [6.45, 7) is 1.31. The van der Waals surface area contributed by atoms with E-state index in [4.69, 9.17) is 10.5 Å². The highest BCUT2D eigenvalue weighted by Gasteiger charge is 2.10. The number of aliphatic hydroxyl groups is 1. The molecule has 1 atom stereocenters. The summed E-state index contributed by atoms with van der Waals surface area (Å²) in [6, 6.07) is 7.14. The van der Waals surface area contributed by atoms with Gasteiger partial charge in [-0.1, -0.05) is 12.1 Å². The van der Waals surface area contributed by atoms with Gasteiger partial charge in [0.25, 0.3) is 0 Å². The quantitative estimate of drug-likeness (QED) is 0.605. The molecule has 1 unspecified atom stereocenters. The lowest BCUT2D eigenvalue weighted by Crippen LogP contribution is -2.33. The van der Waals surface area contributed by atoms with Crippen molar-refractivity contribution in [1.29, 1.82) is 0 Å². The van der Waals surface area contributed by atoms with Gasteiger partial charge < -0.3 is 25.8 Å². The van der Waals surface area contributed by atoms with Crippen LogP contribution in [0.15, 0.2) is 24.3 Å². The summed E-state index contributed by atoms with van der Waals surface area (Å²) >= 11 is 0. The van der Waals surface area contributed by atoms with Crippen LogP contribution in [-0.2, 0) is 9.53 Å². The maximum absolute atomic E-state index is 11.8. The van der Waals surface area contributed by atoms with Crippen molar-refractivity contribution in [3.8, 4) is 0 Å². The maximum atomic E-state index is 11.8. The second-order valence-corrected chi connectivity index (χ2v) is 4.76. The number of benzene rings is 1. The van der Waals surface area contributed by atoms with Crippen LogP contribution in [0.2, 0.25) is 0 Å². The van der Waals surface area contributed by atoms with Crippen molar-refractivity contribution in [2.24, 2.45) is 0 Å². The van der Waals surface area contributed by atoms with E-state index in [1.54, 1.807) is 19.2 Å². The summed E-state index contributed by atoms with van der Waals surface area (Å²) in [5.74, 6) is -0.101. The van der Waals surface area contributed by atoms with Crippen molar-refractivity contribution in [3.63, 3.8) is 0 Å². The zero-order valence-electron chi connectivity index (χ0n) is 12.0. The molecule has 6 nitrogen and oxygen atoms in total. The molecule has 0 saturated carbocycles. The standard InChI is InChI=1S/C14H23N3O3/c1-17(9-11(18)10-20-2)8-7-14(19)16-13-6-4-3-5-12(13)15/h3-6,11,18H,7-10,15H2,1-2H3,(H,16,19). The Kier molecular flexibility index (Phi) is 7.00. The van der Waals surface area contributed by atoms with Gasteiger partial charge in [-0.3, -0.25) is 4.79 Å². The minimum absolute atomic E-state index is 0.101. The third-order valence-electron chi connectivity index (χ3n) is 2.84. The first-order valence-electron chi connectivity index (χ1n) is 6.52. The number of likely N-dealkylation sites (N-methyl/N-ethyl adjacent to an activating group) is 1. The second kappa shape index (κ2) is 8.52. The molecule has 0 spiro atoms. The highest BCUT2D eigenvalue weighted by molar-refractivity contribution is 5.93. The van der Waals surface area contributed by atoms with Gasteiger partial charge in [-0.25, -0.2) is 0 Å². The van der Waals surface area contributed by atoms with Gasteiger partial charge in [0.2, 0.25) is 5.91 Å². The van der Waals surface area contributed by atoms with E-state index in [2.05, 4.69) is 5.32 Å². The molecule has 0 aliphatic heterocycles. The summed E-state index contributed by atoms with van der Waals surface area (Å²) in [5.41, 5.74) is 6.92. The fourth-order valence-corrected chi connectivity index (χ4v) is 1.81. The van der Waals surface area contributed by atoms with Crippen molar-refractivity contribution in [1.82, 2.24) is 4.90 Å². The highest BCUT2D eigenvalue weighted by atomic mass is 16.5. The van der Waals surface area contributed by atoms with Crippen LogP contribution < -0.4 is 11.1 Å². The number of para-hydroxylation sites is 2. The fraction of sp³-hybridized carbons (Fsp3) is 0.500. The lowest BCUT2D eigenvalue weighted by atomic mass is 10.2. The average Bonchev–Trinajstić information content (AvgIpc) is 2.39. The molecule has 4 N–H and O–H groups in total. The largest absolute Gasteiger partial charge is 0.397 e. The Hall–Kier alpha value is -1.63. The van der Waals surface area contributed by atoms with Crippen molar-refractivity contribution in [3.05, 3.63) is 24.3 Å². The number of nitrogens with two attached hydrogens (primary N) is 1. The van der Waals surface area contributed by atoms with Crippen LogP contribution in [0.1, 0.15) is 6.42 Å². The highest BCUT2D eigenvalue weighted by Crippen LogP contribution is 2.16. The number of hydrogen-bond acceptors (Lipinski definition) is 5. The van der Waals surface area contributed by atoms with Crippen LogP contribution in [0, 0.1) is 0 Å². The van der Waals surface area contributed by atoms with Gasteiger partial charge in [-0.05, 0) is 19.2 Å². The molecule has 0 fully saturated rings. The Bertz CT molecular complexity index is 426. The zero-order chi connectivity index (χ0) is 15.0. The Morgan fingerprint density at radius 3 is 2.85 bits per heavy atom. The Morgan fingerprint density at radius 2 is 2.20 bits per heavy atom. The fourth-order valence-electron chi connectivity index (χ4n) is 1.81. The third kappa shape index (κ3) is 6.01. The normalized spacial score (nSPS) is 12.4. The van der Waals surface area contributed by atoms with E-state index >= 15 is 0 Å². The molecule has 112 valence electrons. The van der Waals surface area contributed by atoms with Gasteiger partial charge in [-0.2, -0.15) is 0 Å². The van der Waals surface area contributed by atoms with E-state index in [1.165, 1.54) is 0 Å². The number of rotatable bonds is 8. The Morgan fingerprint density at radius 1 is 1.50 bits per heavy atom. The zero-order valence-corrected chi connectivity index (χ0v) is 12.0. The molecule has 6 heteroatoms. The number of ether oxygens (including phenoxy) is 1. The lowest BCUT2D eigenvalue weighted by Gasteiger charge is -2.19. The van der Waals surface area contributed by atoms with Crippen LogP contribution in [0.5, 0.6) is 0 Å². The summed E-state index contributed by atoms with van der Waals surface area (Å²) in [6.07, 6.45) is -0.206. The number of carbonyl (C=O) groups is 1. The van der Waals surface area contributed by atoms with Crippen molar-refractivity contribution in [2.75, 3.05) is 44.9 Å². The second-order valence-electron chi connectivity index (χ2n) is 4.76. The molecule has 20 heavy (non-hydrogen) atoms. The topological polar surface area (TPSA) is 87.8 Å². The number of methoxy groups -OCH3 is 1. The molecular formula is C14H23N3O3. The number of hydrogen-bond donors (Lipinski definition) is 3. The lowest BCUT2D eigenvalue weighted by molar-refractivity contribution is -0.116. The van der Waals surface area contributed by atoms with Crippen molar-refractivity contribution in [2.45, 2.75) is 12.5 Å². The van der Waals surface area contributed by atoms with Crippen molar-refractivity contribution >= 4 is 17.3 Å². The Balaban J connectivity index is 2.31. The molecule has 0 aromatic heterocycles. The molecule has 1 amide bonds.